The molecule has 35 heavy (non-hydrogen) atoms. The lowest BCUT2D eigenvalue weighted by Gasteiger charge is -2.37. The molecule has 2 heterocycles. The molecular formula is C26H33N5O4. The molecule has 9 heteroatoms. The van der Waals surface area contributed by atoms with E-state index in [1.165, 1.54) is 0 Å². The molecule has 1 aliphatic rings. The first-order valence-electron chi connectivity index (χ1n) is 11.9. The van der Waals surface area contributed by atoms with Gasteiger partial charge in [0.25, 0.3) is 5.91 Å². The highest BCUT2D eigenvalue weighted by Gasteiger charge is 2.34. The third kappa shape index (κ3) is 6.08. The van der Waals surface area contributed by atoms with E-state index in [1.54, 1.807) is 54.2 Å². The lowest BCUT2D eigenvalue weighted by molar-refractivity contribution is 0.0352. The molecule has 0 spiro atoms. The maximum atomic E-state index is 13.6. The fourth-order valence-corrected chi connectivity index (χ4v) is 3.97. The van der Waals surface area contributed by atoms with Gasteiger partial charge in [-0.2, -0.15) is 5.26 Å². The van der Waals surface area contributed by atoms with Crippen molar-refractivity contribution in [3.63, 3.8) is 0 Å². The number of hydrogen-bond donors (Lipinski definition) is 2. The Morgan fingerprint density at radius 3 is 2.86 bits per heavy atom. The van der Waals surface area contributed by atoms with Gasteiger partial charge in [0, 0.05) is 37.8 Å². The summed E-state index contributed by atoms with van der Waals surface area (Å²) in [5.74, 6) is -0.229. The second kappa shape index (κ2) is 11.7. The summed E-state index contributed by atoms with van der Waals surface area (Å²) in [6, 6.07) is 10.3. The molecule has 0 aliphatic carbocycles. The molecule has 9 nitrogen and oxygen atoms in total. The zero-order valence-electron chi connectivity index (χ0n) is 20.7. The number of amides is 3. The summed E-state index contributed by atoms with van der Waals surface area (Å²) in [5.41, 5.74) is 2.22. The van der Waals surface area contributed by atoms with Gasteiger partial charge in [-0.15, -0.1) is 0 Å². The van der Waals surface area contributed by atoms with Crippen LogP contribution in [0.4, 0.5) is 4.79 Å². The van der Waals surface area contributed by atoms with E-state index >= 15 is 0 Å². The Balaban J connectivity index is 1.99. The number of rotatable bonds is 7. The quantitative estimate of drug-likeness (QED) is 0.630. The van der Waals surface area contributed by atoms with Gasteiger partial charge >= 0.3 is 6.03 Å². The van der Waals surface area contributed by atoms with Crippen LogP contribution in [0, 0.1) is 17.2 Å². The van der Waals surface area contributed by atoms with Gasteiger partial charge in [0.15, 0.2) is 0 Å². The second-order valence-electron chi connectivity index (χ2n) is 9.00. The summed E-state index contributed by atoms with van der Waals surface area (Å²) in [6.45, 7) is 6.79. The SMILES string of the molecule is CCCNC(=O)N(C)C[C@@H]1Oc2ncc(-c3cccc(C#N)c3)cc2C(=O)N([C@@H](C)CO)C[C@H]1C. The summed E-state index contributed by atoms with van der Waals surface area (Å²) in [7, 11) is 1.71. The number of aliphatic hydroxyl groups excluding tert-OH is 1. The molecule has 3 rings (SSSR count). The number of benzene rings is 1. The normalized spacial score (nSPS) is 18.4. The van der Waals surface area contributed by atoms with Crippen LogP contribution in [-0.2, 0) is 0 Å². The lowest BCUT2D eigenvalue weighted by Crippen LogP contribution is -2.51. The molecule has 2 aromatic rings. The molecule has 186 valence electrons. The van der Waals surface area contributed by atoms with Crippen LogP contribution >= 0.6 is 0 Å². The third-order valence-corrected chi connectivity index (χ3v) is 6.17. The Labute approximate surface area is 206 Å². The molecule has 0 radical (unpaired) electrons. The number of aliphatic hydroxyl groups is 1. The Morgan fingerprint density at radius 2 is 2.17 bits per heavy atom. The van der Waals surface area contributed by atoms with Crippen molar-refractivity contribution < 1.29 is 19.4 Å². The Hall–Kier alpha value is -3.64. The maximum Gasteiger partial charge on any atom is 0.317 e. The second-order valence-corrected chi connectivity index (χ2v) is 9.00. The molecule has 0 unspecified atom stereocenters. The summed E-state index contributed by atoms with van der Waals surface area (Å²) in [4.78, 5) is 33.7. The number of urea groups is 1. The predicted octanol–water partition coefficient (Wildman–Crippen LogP) is 2.89. The molecule has 0 fully saturated rings. The molecular weight excluding hydrogens is 446 g/mol. The van der Waals surface area contributed by atoms with Gasteiger partial charge < -0.3 is 25.0 Å². The van der Waals surface area contributed by atoms with Crippen molar-refractivity contribution in [2.45, 2.75) is 39.3 Å². The van der Waals surface area contributed by atoms with Crippen molar-refractivity contribution in [3.05, 3.63) is 47.7 Å². The van der Waals surface area contributed by atoms with Gasteiger partial charge in [0.05, 0.1) is 30.8 Å². The Kier molecular flexibility index (Phi) is 8.66. The van der Waals surface area contributed by atoms with Crippen molar-refractivity contribution in [3.8, 4) is 23.1 Å². The van der Waals surface area contributed by atoms with Crippen molar-refractivity contribution in [1.82, 2.24) is 20.1 Å². The number of carbonyl (C=O) groups excluding carboxylic acids is 2. The standard InChI is InChI=1S/C26H33N5O4/c1-5-9-28-26(34)30(4)15-23-17(2)14-31(18(3)16-32)25(33)22-11-21(13-29-24(22)35-23)20-8-6-7-19(10-20)12-27/h6-8,10-11,13,17-18,23,32H,5,9,14-16H2,1-4H3,(H,28,34)/t17-,18+,23+/m1/s1. The van der Waals surface area contributed by atoms with Crippen LogP contribution in [0.3, 0.4) is 0 Å². The Morgan fingerprint density at radius 1 is 1.40 bits per heavy atom. The lowest BCUT2D eigenvalue weighted by atomic mass is 9.99. The molecule has 1 aromatic heterocycles. The first-order valence-corrected chi connectivity index (χ1v) is 11.9. The van der Waals surface area contributed by atoms with Crippen molar-refractivity contribution in [1.29, 1.82) is 5.26 Å². The predicted molar refractivity (Wildman–Crippen MR) is 132 cm³/mol. The third-order valence-electron chi connectivity index (χ3n) is 6.17. The van der Waals surface area contributed by atoms with Gasteiger partial charge in [-0.25, -0.2) is 9.78 Å². The monoisotopic (exact) mass is 479 g/mol. The van der Waals surface area contributed by atoms with Crippen LogP contribution in [0.25, 0.3) is 11.1 Å². The van der Waals surface area contributed by atoms with E-state index in [2.05, 4.69) is 16.4 Å². The van der Waals surface area contributed by atoms with Gasteiger partial charge in [0.2, 0.25) is 5.88 Å². The number of nitrogens with zero attached hydrogens (tertiary/aromatic N) is 4. The first kappa shape index (κ1) is 26.0. The van der Waals surface area contributed by atoms with Gasteiger partial charge in [-0.3, -0.25) is 4.79 Å². The Bertz CT molecular complexity index is 1100. The number of nitriles is 1. The number of nitrogens with one attached hydrogen (secondary N) is 1. The van der Waals surface area contributed by atoms with E-state index in [4.69, 9.17) is 4.74 Å². The molecule has 1 aromatic carbocycles. The number of ether oxygens (including phenoxy) is 1. The number of hydrogen-bond acceptors (Lipinski definition) is 6. The molecule has 2 N–H and O–H groups in total. The van der Waals surface area contributed by atoms with Crippen molar-refractivity contribution >= 4 is 11.9 Å². The highest BCUT2D eigenvalue weighted by atomic mass is 16.5. The average molecular weight is 480 g/mol. The zero-order valence-corrected chi connectivity index (χ0v) is 20.7. The molecule has 1 aliphatic heterocycles. The first-order chi connectivity index (χ1) is 16.8. The zero-order chi connectivity index (χ0) is 25.5. The molecule has 3 atom stereocenters. The number of aromatic nitrogens is 1. The van der Waals surface area contributed by atoms with E-state index < -0.39 is 12.1 Å². The largest absolute Gasteiger partial charge is 0.472 e. The van der Waals surface area contributed by atoms with Crippen LogP contribution < -0.4 is 10.1 Å². The number of likely N-dealkylation sites (N-methyl/N-ethyl adjacent to an activating group) is 1. The summed E-state index contributed by atoms with van der Waals surface area (Å²) in [5, 5.41) is 21.9. The van der Waals surface area contributed by atoms with Crippen LogP contribution in [-0.4, -0.2) is 77.3 Å². The highest BCUT2D eigenvalue weighted by Crippen LogP contribution is 2.30. The minimum atomic E-state index is -0.423. The fraction of sp³-hybridized carbons (Fsp3) is 0.462. The summed E-state index contributed by atoms with van der Waals surface area (Å²) >= 11 is 0. The van der Waals surface area contributed by atoms with Crippen LogP contribution in [0.1, 0.15) is 43.1 Å². The summed E-state index contributed by atoms with van der Waals surface area (Å²) < 4.78 is 6.25. The topological polar surface area (TPSA) is 119 Å². The number of carbonyl (C=O) groups is 2. The van der Waals surface area contributed by atoms with Crippen LogP contribution in [0.15, 0.2) is 36.5 Å². The molecule has 0 bridgehead atoms. The number of pyridine rings is 1. The fourth-order valence-electron chi connectivity index (χ4n) is 3.97. The van der Waals surface area contributed by atoms with Crippen molar-refractivity contribution in [2.75, 3.05) is 33.3 Å². The van der Waals surface area contributed by atoms with Gasteiger partial charge in [-0.1, -0.05) is 26.0 Å². The molecule has 0 saturated heterocycles. The minimum absolute atomic E-state index is 0.128. The van der Waals surface area contributed by atoms with E-state index in [1.807, 2.05) is 19.9 Å². The number of fused-ring (bicyclic) bond motifs is 1. The maximum absolute atomic E-state index is 13.6. The summed E-state index contributed by atoms with van der Waals surface area (Å²) in [6.07, 6.45) is 2.03. The average Bonchev–Trinajstić information content (AvgIpc) is 2.88. The minimum Gasteiger partial charge on any atom is -0.472 e. The van der Waals surface area contributed by atoms with E-state index in [0.29, 0.717) is 30.8 Å². The van der Waals surface area contributed by atoms with E-state index in [0.717, 1.165) is 12.0 Å². The van der Waals surface area contributed by atoms with Crippen LogP contribution in [0.2, 0.25) is 0 Å². The smallest absolute Gasteiger partial charge is 0.317 e. The van der Waals surface area contributed by atoms with Crippen LogP contribution in [0.5, 0.6) is 5.88 Å². The van der Waals surface area contributed by atoms with E-state index in [9.17, 15) is 20.0 Å². The molecule has 0 saturated carbocycles. The molecule has 3 amide bonds. The van der Waals surface area contributed by atoms with E-state index in [-0.39, 0.29) is 35.9 Å². The van der Waals surface area contributed by atoms with Gasteiger partial charge in [-0.05, 0) is 37.1 Å². The van der Waals surface area contributed by atoms with Crippen molar-refractivity contribution in [2.24, 2.45) is 5.92 Å². The van der Waals surface area contributed by atoms with Gasteiger partial charge in [0.1, 0.15) is 11.7 Å². The highest BCUT2D eigenvalue weighted by molar-refractivity contribution is 5.98.